The topological polar surface area (TPSA) is 26.4 Å². The molecule has 0 bridgehead atoms. The monoisotopic (exact) mass is 586 g/mol. The molecule has 7 aromatic carbocycles. The Morgan fingerprint density at radius 3 is 1.57 bits per heavy atom. The standard InChI is InChI=1S/C43H26N2O/c46-43-35-15-5-4-12-32(35)37-25-30(26-38-36-24-29(27-10-2-1-3-11-27)20-23-41(36)45(43)42(37)38)28-18-21-31(22-19-28)44-39-16-8-6-13-33(39)34-14-7-9-17-40(34)44/h1-26H. The Morgan fingerprint density at radius 2 is 0.870 bits per heavy atom. The number of aromatic nitrogens is 2. The fourth-order valence-electron chi connectivity index (χ4n) is 7.57. The van der Waals surface area contributed by atoms with Gasteiger partial charge in [0.1, 0.15) is 0 Å². The first-order chi connectivity index (χ1) is 22.7. The SMILES string of the molecule is O=c1c2ccccc2c2cc(-c3ccc(-n4c5ccccc5c5ccccc54)cc3)cc3c4cc(-c5ccccc5)ccc4n1c23. The fourth-order valence-corrected chi connectivity index (χ4v) is 7.57. The summed E-state index contributed by atoms with van der Waals surface area (Å²) in [7, 11) is 0. The molecule has 0 aliphatic rings. The Hall–Kier alpha value is -6.19. The van der Waals surface area contributed by atoms with E-state index in [1.165, 1.54) is 21.8 Å². The molecule has 0 N–H and O–H groups in total. The van der Waals surface area contributed by atoms with Gasteiger partial charge in [0.25, 0.3) is 5.56 Å². The molecular weight excluding hydrogens is 560 g/mol. The first kappa shape index (κ1) is 25.2. The van der Waals surface area contributed by atoms with E-state index in [2.05, 4.69) is 138 Å². The van der Waals surface area contributed by atoms with Crippen LogP contribution in [0.5, 0.6) is 0 Å². The second-order valence-corrected chi connectivity index (χ2v) is 12.1. The van der Waals surface area contributed by atoms with Gasteiger partial charge in [0.2, 0.25) is 0 Å². The van der Waals surface area contributed by atoms with Crippen molar-refractivity contribution < 1.29 is 0 Å². The molecule has 0 aliphatic heterocycles. The summed E-state index contributed by atoms with van der Waals surface area (Å²) in [6, 6.07) is 55.5. The van der Waals surface area contributed by atoms with Crippen LogP contribution in [0.2, 0.25) is 0 Å². The summed E-state index contributed by atoms with van der Waals surface area (Å²) in [4.78, 5) is 14.0. The second-order valence-electron chi connectivity index (χ2n) is 12.1. The summed E-state index contributed by atoms with van der Waals surface area (Å²) >= 11 is 0. The van der Waals surface area contributed by atoms with Gasteiger partial charge in [-0.2, -0.15) is 0 Å². The van der Waals surface area contributed by atoms with E-state index in [-0.39, 0.29) is 5.56 Å². The average molecular weight is 587 g/mol. The molecule has 0 atom stereocenters. The maximum atomic E-state index is 14.0. The highest BCUT2D eigenvalue weighted by molar-refractivity contribution is 6.22. The van der Waals surface area contributed by atoms with E-state index in [0.29, 0.717) is 0 Å². The van der Waals surface area contributed by atoms with Crippen LogP contribution in [-0.4, -0.2) is 8.97 Å². The predicted octanol–water partition coefficient (Wildman–Crippen LogP) is 10.6. The van der Waals surface area contributed by atoms with Gasteiger partial charge in [0.15, 0.2) is 0 Å². The first-order valence-corrected chi connectivity index (χ1v) is 15.7. The number of nitrogens with zero attached hydrogens (tertiary/aromatic N) is 2. The molecule has 3 heteroatoms. The second kappa shape index (κ2) is 9.40. The Kier molecular flexibility index (Phi) is 5.15. The predicted molar refractivity (Wildman–Crippen MR) is 193 cm³/mol. The van der Waals surface area contributed by atoms with Gasteiger partial charge in [-0.25, -0.2) is 0 Å². The number of para-hydroxylation sites is 2. The number of benzene rings is 7. The van der Waals surface area contributed by atoms with Crippen molar-refractivity contribution >= 4 is 59.8 Å². The maximum absolute atomic E-state index is 14.0. The van der Waals surface area contributed by atoms with Crippen LogP contribution < -0.4 is 5.56 Å². The minimum absolute atomic E-state index is 0.0267. The van der Waals surface area contributed by atoms with Crippen molar-refractivity contribution in [3.05, 3.63) is 168 Å². The molecule has 0 fully saturated rings. The Bertz CT molecular complexity index is 2810. The molecule has 0 radical (unpaired) electrons. The van der Waals surface area contributed by atoms with Crippen molar-refractivity contribution in [2.75, 3.05) is 0 Å². The maximum Gasteiger partial charge on any atom is 0.263 e. The van der Waals surface area contributed by atoms with Crippen molar-refractivity contribution in [3.8, 4) is 27.9 Å². The Balaban J connectivity index is 1.23. The summed E-state index contributed by atoms with van der Waals surface area (Å²) in [6.07, 6.45) is 0. The molecule has 10 aromatic rings. The number of rotatable bonds is 3. The lowest BCUT2D eigenvalue weighted by Gasteiger charge is -2.11. The normalized spacial score (nSPS) is 12.0. The zero-order chi connectivity index (χ0) is 30.4. The van der Waals surface area contributed by atoms with Crippen molar-refractivity contribution in [2.24, 2.45) is 0 Å². The third-order valence-corrected chi connectivity index (χ3v) is 9.66. The lowest BCUT2D eigenvalue weighted by atomic mass is 9.96. The number of pyridine rings is 1. The minimum Gasteiger partial charge on any atom is -0.309 e. The zero-order valence-electron chi connectivity index (χ0n) is 24.8. The molecule has 0 saturated carbocycles. The van der Waals surface area contributed by atoms with Crippen LogP contribution in [-0.2, 0) is 0 Å². The molecule has 0 unspecified atom stereocenters. The van der Waals surface area contributed by atoms with Gasteiger partial charge in [-0.05, 0) is 82.2 Å². The summed E-state index contributed by atoms with van der Waals surface area (Å²) < 4.78 is 4.27. The molecule has 214 valence electrons. The van der Waals surface area contributed by atoms with Crippen LogP contribution in [0.15, 0.2) is 163 Å². The van der Waals surface area contributed by atoms with E-state index in [4.69, 9.17) is 0 Å². The van der Waals surface area contributed by atoms with Crippen LogP contribution in [0.25, 0.3) is 87.7 Å². The first-order valence-electron chi connectivity index (χ1n) is 15.7. The van der Waals surface area contributed by atoms with Gasteiger partial charge in [-0.1, -0.05) is 103 Å². The van der Waals surface area contributed by atoms with Crippen LogP contribution >= 0.6 is 0 Å². The van der Waals surface area contributed by atoms with E-state index in [9.17, 15) is 4.79 Å². The molecule has 3 nitrogen and oxygen atoms in total. The van der Waals surface area contributed by atoms with Gasteiger partial charge < -0.3 is 4.57 Å². The fraction of sp³-hybridized carbons (Fsp3) is 0. The highest BCUT2D eigenvalue weighted by atomic mass is 16.1. The van der Waals surface area contributed by atoms with Crippen molar-refractivity contribution in [3.63, 3.8) is 0 Å². The zero-order valence-corrected chi connectivity index (χ0v) is 24.8. The lowest BCUT2D eigenvalue weighted by molar-refractivity contribution is 1.18. The van der Waals surface area contributed by atoms with Crippen LogP contribution in [0, 0.1) is 0 Å². The summed E-state index contributed by atoms with van der Waals surface area (Å²) in [5, 5.41) is 7.50. The van der Waals surface area contributed by atoms with Gasteiger partial charge >= 0.3 is 0 Å². The van der Waals surface area contributed by atoms with Crippen molar-refractivity contribution in [2.45, 2.75) is 0 Å². The Morgan fingerprint density at radius 1 is 0.348 bits per heavy atom. The lowest BCUT2D eigenvalue weighted by Crippen LogP contribution is -2.12. The quantitative estimate of drug-likeness (QED) is 0.189. The third-order valence-electron chi connectivity index (χ3n) is 9.66. The smallest absolute Gasteiger partial charge is 0.263 e. The van der Waals surface area contributed by atoms with Gasteiger partial charge in [-0.15, -0.1) is 0 Å². The van der Waals surface area contributed by atoms with Crippen LogP contribution in [0.3, 0.4) is 0 Å². The molecule has 0 aliphatic carbocycles. The number of hydrogen-bond donors (Lipinski definition) is 0. The van der Waals surface area contributed by atoms with Crippen molar-refractivity contribution in [1.82, 2.24) is 8.97 Å². The van der Waals surface area contributed by atoms with Crippen LogP contribution in [0.1, 0.15) is 0 Å². The molecule has 3 aromatic heterocycles. The van der Waals surface area contributed by atoms with Gasteiger partial charge in [0, 0.05) is 38.0 Å². The van der Waals surface area contributed by atoms with Gasteiger partial charge in [0.05, 0.1) is 22.1 Å². The van der Waals surface area contributed by atoms with E-state index in [0.717, 1.165) is 65.9 Å². The minimum atomic E-state index is 0.0267. The molecular formula is C43H26N2O. The van der Waals surface area contributed by atoms with E-state index < -0.39 is 0 Å². The average Bonchev–Trinajstić information content (AvgIpc) is 3.64. The highest BCUT2D eigenvalue weighted by Crippen LogP contribution is 2.40. The molecule has 0 spiro atoms. The highest BCUT2D eigenvalue weighted by Gasteiger charge is 2.19. The number of fused-ring (bicyclic) bond motifs is 8. The molecule has 10 rings (SSSR count). The summed E-state index contributed by atoms with van der Waals surface area (Å²) in [5.74, 6) is 0. The van der Waals surface area contributed by atoms with Crippen molar-refractivity contribution in [1.29, 1.82) is 0 Å². The molecule has 0 amide bonds. The third kappa shape index (κ3) is 3.45. The molecule has 0 saturated heterocycles. The van der Waals surface area contributed by atoms with Gasteiger partial charge in [-0.3, -0.25) is 9.20 Å². The van der Waals surface area contributed by atoms with E-state index in [1.54, 1.807) is 0 Å². The molecule has 3 heterocycles. The van der Waals surface area contributed by atoms with E-state index in [1.807, 2.05) is 28.7 Å². The van der Waals surface area contributed by atoms with E-state index >= 15 is 0 Å². The summed E-state index contributed by atoms with van der Waals surface area (Å²) in [6.45, 7) is 0. The largest absolute Gasteiger partial charge is 0.309 e. The number of hydrogen-bond acceptors (Lipinski definition) is 1. The summed E-state index contributed by atoms with van der Waals surface area (Å²) in [5.41, 5.74) is 10.0. The van der Waals surface area contributed by atoms with Crippen LogP contribution in [0.4, 0.5) is 0 Å². The Labute approximate surface area is 264 Å². The molecule has 46 heavy (non-hydrogen) atoms.